The molecule has 1 aromatic carbocycles. The minimum atomic E-state index is 0.276. The number of hydrogen-bond donors (Lipinski definition) is 3. The molecule has 3 aromatic rings. The minimum Gasteiger partial charge on any atom is -0.508 e. The zero-order chi connectivity index (χ0) is 10.3. The van der Waals surface area contributed by atoms with Gasteiger partial charge in [0.25, 0.3) is 0 Å². The van der Waals surface area contributed by atoms with E-state index in [1.807, 2.05) is 18.2 Å². The Morgan fingerprint density at radius 2 is 2.00 bits per heavy atom. The fourth-order valence-electron chi connectivity index (χ4n) is 1.67. The lowest BCUT2D eigenvalue weighted by atomic mass is 10.2. The van der Waals surface area contributed by atoms with Crippen molar-refractivity contribution in [3.63, 3.8) is 0 Å². The highest BCUT2D eigenvalue weighted by Crippen LogP contribution is 2.25. The molecule has 0 saturated carbocycles. The summed E-state index contributed by atoms with van der Waals surface area (Å²) < 4.78 is 0. The zero-order valence-corrected chi connectivity index (χ0v) is 7.86. The van der Waals surface area contributed by atoms with Crippen molar-refractivity contribution in [1.29, 1.82) is 0 Å². The number of fused-ring (bicyclic) bond motifs is 1. The van der Waals surface area contributed by atoms with Crippen molar-refractivity contribution in [1.82, 2.24) is 15.2 Å². The largest absolute Gasteiger partial charge is 0.508 e. The lowest BCUT2D eigenvalue weighted by molar-refractivity contribution is 0.476. The van der Waals surface area contributed by atoms with E-state index >= 15 is 0 Å². The predicted octanol–water partition coefficient (Wildman–Crippen LogP) is 2.26. The molecule has 0 spiro atoms. The van der Waals surface area contributed by atoms with Crippen LogP contribution >= 0.6 is 0 Å². The number of hydrogen-bond acceptors (Lipinski definition) is 2. The number of phenolic OH excluding ortho intramolecular Hbond substituents is 1. The van der Waals surface area contributed by atoms with Gasteiger partial charge in [-0.2, -0.15) is 5.10 Å². The van der Waals surface area contributed by atoms with Crippen LogP contribution in [0.15, 0.2) is 36.5 Å². The Balaban J connectivity index is 2.22. The van der Waals surface area contributed by atoms with Crippen molar-refractivity contribution in [2.24, 2.45) is 0 Å². The maximum absolute atomic E-state index is 9.34. The molecular weight excluding hydrogens is 190 g/mol. The summed E-state index contributed by atoms with van der Waals surface area (Å²) in [5.41, 5.74) is 2.90. The fourth-order valence-corrected chi connectivity index (χ4v) is 1.67. The average molecular weight is 199 g/mol. The number of nitrogens with one attached hydrogen (secondary N) is 2. The molecule has 15 heavy (non-hydrogen) atoms. The summed E-state index contributed by atoms with van der Waals surface area (Å²) in [6.07, 6.45) is 1.71. The van der Waals surface area contributed by atoms with E-state index in [0.717, 1.165) is 22.3 Å². The van der Waals surface area contributed by atoms with Crippen LogP contribution in [0.1, 0.15) is 0 Å². The summed E-state index contributed by atoms with van der Waals surface area (Å²) in [5, 5.41) is 17.1. The molecule has 0 aliphatic heterocycles. The van der Waals surface area contributed by atoms with E-state index < -0.39 is 0 Å². The van der Waals surface area contributed by atoms with E-state index in [9.17, 15) is 5.11 Å². The zero-order valence-electron chi connectivity index (χ0n) is 7.86. The van der Waals surface area contributed by atoms with Gasteiger partial charge in [0.05, 0.1) is 11.4 Å². The van der Waals surface area contributed by atoms with Crippen molar-refractivity contribution in [3.05, 3.63) is 36.5 Å². The van der Waals surface area contributed by atoms with E-state index in [2.05, 4.69) is 15.2 Å². The standard InChI is InChI=1S/C11H9N3O/c15-8-1-2-9-7(5-8)6-11(13-9)10-3-4-12-14-10/h1-6,13,15H,(H,12,14). The third kappa shape index (κ3) is 1.27. The van der Waals surface area contributed by atoms with Gasteiger partial charge in [0.15, 0.2) is 0 Å². The number of aromatic hydroxyl groups is 1. The van der Waals surface area contributed by atoms with Gasteiger partial charge in [-0.3, -0.25) is 5.10 Å². The highest BCUT2D eigenvalue weighted by atomic mass is 16.3. The van der Waals surface area contributed by atoms with Crippen LogP contribution in [-0.2, 0) is 0 Å². The maximum atomic E-state index is 9.34. The predicted molar refractivity (Wildman–Crippen MR) is 57.5 cm³/mol. The van der Waals surface area contributed by atoms with Crippen LogP contribution in [0, 0.1) is 0 Å². The highest BCUT2D eigenvalue weighted by molar-refractivity contribution is 5.86. The monoisotopic (exact) mass is 199 g/mol. The van der Waals surface area contributed by atoms with E-state index in [0.29, 0.717) is 0 Å². The molecule has 74 valence electrons. The second-order valence-corrected chi connectivity index (χ2v) is 3.42. The Hall–Kier alpha value is -2.23. The number of nitrogens with zero attached hydrogens (tertiary/aromatic N) is 1. The quantitative estimate of drug-likeness (QED) is 0.562. The van der Waals surface area contributed by atoms with Gasteiger partial charge in [0.1, 0.15) is 5.75 Å². The van der Waals surface area contributed by atoms with Crippen molar-refractivity contribution in [2.45, 2.75) is 0 Å². The van der Waals surface area contributed by atoms with Crippen LogP contribution in [0.3, 0.4) is 0 Å². The second-order valence-electron chi connectivity index (χ2n) is 3.42. The van der Waals surface area contributed by atoms with Gasteiger partial charge >= 0.3 is 0 Å². The Morgan fingerprint density at radius 3 is 2.80 bits per heavy atom. The first-order valence-corrected chi connectivity index (χ1v) is 4.64. The van der Waals surface area contributed by atoms with Crippen LogP contribution in [0.2, 0.25) is 0 Å². The number of H-pyrrole nitrogens is 2. The molecule has 3 N–H and O–H groups in total. The van der Waals surface area contributed by atoms with Gasteiger partial charge in [-0.05, 0) is 30.3 Å². The first-order valence-electron chi connectivity index (χ1n) is 4.64. The number of benzene rings is 1. The van der Waals surface area contributed by atoms with Crippen LogP contribution in [0.25, 0.3) is 22.3 Å². The van der Waals surface area contributed by atoms with Gasteiger partial charge in [0.2, 0.25) is 0 Å². The summed E-state index contributed by atoms with van der Waals surface area (Å²) in [4.78, 5) is 3.24. The molecule has 0 unspecified atom stereocenters. The first-order chi connectivity index (χ1) is 7.33. The molecule has 0 aliphatic rings. The summed E-state index contributed by atoms with van der Waals surface area (Å²) >= 11 is 0. The molecule has 0 bridgehead atoms. The molecule has 0 atom stereocenters. The number of aromatic nitrogens is 3. The normalized spacial score (nSPS) is 10.9. The summed E-state index contributed by atoms with van der Waals surface area (Å²) in [6.45, 7) is 0. The Labute approximate surface area is 85.6 Å². The van der Waals surface area contributed by atoms with Gasteiger partial charge in [-0.25, -0.2) is 0 Å². The van der Waals surface area contributed by atoms with E-state index in [4.69, 9.17) is 0 Å². The fraction of sp³-hybridized carbons (Fsp3) is 0. The molecule has 0 saturated heterocycles. The summed E-state index contributed by atoms with van der Waals surface area (Å²) in [7, 11) is 0. The smallest absolute Gasteiger partial charge is 0.116 e. The molecule has 4 nitrogen and oxygen atoms in total. The molecular formula is C11H9N3O. The van der Waals surface area contributed by atoms with E-state index in [-0.39, 0.29) is 5.75 Å². The Bertz CT molecular complexity index is 595. The summed E-state index contributed by atoms with van der Waals surface area (Å²) in [5.74, 6) is 0.276. The molecule has 4 heteroatoms. The summed E-state index contributed by atoms with van der Waals surface area (Å²) in [6, 6.07) is 9.11. The topological polar surface area (TPSA) is 64.7 Å². The molecule has 0 aliphatic carbocycles. The number of rotatable bonds is 1. The van der Waals surface area contributed by atoms with Crippen molar-refractivity contribution in [2.75, 3.05) is 0 Å². The Kier molecular flexibility index (Phi) is 1.56. The molecule has 2 aromatic heterocycles. The van der Waals surface area contributed by atoms with Crippen LogP contribution in [0.5, 0.6) is 5.75 Å². The number of phenols is 1. The molecule has 0 radical (unpaired) electrons. The Morgan fingerprint density at radius 1 is 1.07 bits per heavy atom. The van der Waals surface area contributed by atoms with Gasteiger partial charge in [-0.1, -0.05) is 0 Å². The van der Waals surface area contributed by atoms with Crippen LogP contribution in [0.4, 0.5) is 0 Å². The molecule has 0 amide bonds. The van der Waals surface area contributed by atoms with Gasteiger partial charge < -0.3 is 10.1 Å². The van der Waals surface area contributed by atoms with Crippen LogP contribution < -0.4 is 0 Å². The van der Waals surface area contributed by atoms with Gasteiger partial charge in [0, 0.05) is 17.1 Å². The maximum Gasteiger partial charge on any atom is 0.116 e. The van der Waals surface area contributed by atoms with Crippen molar-refractivity contribution in [3.8, 4) is 17.1 Å². The lowest BCUT2D eigenvalue weighted by Crippen LogP contribution is -1.75. The van der Waals surface area contributed by atoms with E-state index in [1.165, 1.54) is 0 Å². The second kappa shape index (κ2) is 2.88. The van der Waals surface area contributed by atoms with Crippen molar-refractivity contribution < 1.29 is 5.11 Å². The van der Waals surface area contributed by atoms with Crippen molar-refractivity contribution >= 4 is 10.9 Å². The average Bonchev–Trinajstić information content (AvgIpc) is 2.84. The molecule has 0 fully saturated rings. The SMILES string of the molecule is Oc1ccc2[nH]c(-c3ccn[nH]3)cc2c1. The third-order valence-electron chi connectivity index (χ3n) is 2.40. The van der Waals surface area contributed by atoms with Gasteiger partial charge in [-0.15, -0.1) is 0 Å². The minimum absolute atomic E-state index is 0.276. The van der Waals surface area contributed by atoms with Crippen LogP contribution in [-0.4, -0.2) is 20.3 Å². The van der Waals surface area contributed by atoms with E-state index in [1.54, 1.807) is 18.3 Å². The lowest BCUT2D eigenvalue weighted by Gasteiger charge is -1.90. The number of aromatic amines is 2. The highest BCUT2D eigenvalue weighted by Gasteiger charge is 2.04. The molecule has 2 heterocycles. The first kappa shape index (κ1) is 8.11. The molecule has 3 rings (SSSR count). The third-order valence-corrected chi connectivity index (χ3v) is 2.40.